The second-order valence-corrected chi connectivity index (χ2v) is 8.38. The lowest BCUT2D eigenvalue weighted by atomic mass is 10.2. The molecule has 6 nitrogen and oxygen atoms in total. The minimum atomic E-state index is -4.00. The fraction of sp³-hybridized carbons (Fsp3) is 0. The van der Waals surface area contributed by atoms with E-state index in [4.69, 9.17) is 23.8 Å². The van der Waals surface area contributed by atoms with Crippen LogP contribution in [0.4, 0.5) is 11.4 Å². The number of carbonyl (C=O) groups is 1. The number of halogens is 1. The van der Waals surface area contributed by atoms with Gasteiger partial charge in [0.15, 0.2) is 5.11 Å². The molecule has 0 aliphatic rings. The number of carbonyl (C=O) groups excluding carboxylic acids is 1. The number of para-hydroxylation sites is 1. The van der Waals surface area contributed by atoms with Crippen molar-refractivity contribution in [3.63, 3.8) is 0 Å². The summed E-state index contributed by atoms with van der Waals surface area (Å²) in [4.78, 5) is 12.1. The highest BCUT2D eigenvalue weighted by atomic mass is 35.5. The molecular weight excluding hydrogens is 430 g/mol. The van der Waals surface area contributed by atoms with Crippen LogP contribution in [0.3, 0.4) is 0 Å². The Morgan fingerprint density at radius 1 is 0.828 bits per heavy atom. The molecule has 29 heavy (non-hydrogen) atoms. The van der Waals surface area contributed by atoms with Crippen LogP contribution in [-0.2, 0) is 10.0 Å². The van der Waals surface area contributed by atoms with Crippen LogP contribution in [-0.4, -0.2) is 19.4 Å². The van der Waals surface area contributed by atoms with Crippen LogP contribution in [0.15, 0.2) is 83.8 Å². The summed E-state index contributed by atoms with van der Waals surface area (Å²) < 4.78 is 26.9. The van der Waals surface area contributed by atoms with E-state index in [1.165, 1.54) is 24.3 Å². The van der Waals surface area contributed by atoms with Crippen molar-refractivity contribution in [3.05, 3.63) is 89.4 Å². The standard InChI is InChI=1S/C20H16ClN3O3S2/c21-17-8-4-5-9-18(17)23-20(28)22-15-10-12-16(13-11-15)29(26,27)24-19(25)14-6-2-1-3-7-14/h1-13H,(H,24,25)(H2,22,23,28). The molecule has 0 bridgehead atoms. The minimum Gasteiger partial charge on any atom is -0.332 e. The van der Waals surface area contributed by atoms with E-state index in [2.05, 4.69) is 10.6 Å². The molecule has 0 heterocycles. The largest absolute Gasteiger partial charge is 0.332 e. The number of sulfonamides is 1. The van der Waals surface area contributed by atoms with Crippen molar-refractivity contribution in [2.45, 2.75) is 4.90 Å². The van der Waals surface area contributed by atoms with E-state index in [9.17, 15) is 13.2 Å². The molecule has 0 aromatic heterocycles. The lowest BCUT2D eigenvalue weighted by molar-refractivity contribution is 0.0981. The Morgan fingerprint density at radius 3 is 2.10 bits per heavy atom. The van der Waals surface area contributed by atoms with Gasteiger partial charge < -0.3 is 10.6 Å². The van der Waals surface area contributed by atoms with Crippen molar-refractivity contribution in [1.29, 1.82) is 0 Å². The van der Waals surface area contributed by atoms with Gasteiger partial charge >= 0.3 is 0 Å². The first-order valence-electron chi connectivity index (χ1n) is 8.40. The molecule has 1 amide bonds. The monoisotopic (exact) mass is 445 g/mol. The summed E-state index contributed by atoms with van der Waals surface area (Å²) in [6.45, 7) is 0. The first-order valence-corrected chi connectivity index (χ1v) is 10.7. The average molecular weight is 446 g/mol. The Labute approximate surface area is 179 Å². The van der Waals surface area contributed by atoms with E-state index in [1.54, 1.807) is 48.5 Å². The maximum atomic E-state index is 12.4. The third-order valence-corrected chi connectivity index (χ3v) is 5.69. The first-order chi connectivity index (χ1) is 13.8. The molecule has 3 aromatic carbocycles. The summed E-state index contributed by atoms with van der Waals surface area (Å²) in [5.74, 6) is -0.696. The number of hydrogen-bond donors (Lipinski definition) is 3. The van der Waals surface area contributed by atoms with Crippen LogP contribution in [0.5, 0.6) is 0 Å². The number of benzene rings is 3. The van der Waals surface area contributed by atoms with E-state index in [1.807, 2.05) is 10.8 Å². The smallest absolute Gasteiger partial charge is 0.264 e. The molecule has 0 spiro atoms. The van der Waals surface area contributed by atoms with Crippen molar-refractivity contribution >= 4 is 56.2 Å². The molecule has 3 N–H and O–H groups in total. The predicted octanol–water partition coefficient (Wildman–Crippen LogP) is 4.27. The molecule has 3 aromatic rings. The Hall–Kier alpha value is -2.94. The molecule has 0 saturated heterocycles. The van der Waals surface area contributed by atoms with Crippen LogP contribution in [0.1, 0.15) is 10.4 Å². The van der Waals surface area contributed by atoms with Crippen molar-refractivity contribution in [3.8, 4) is 0 Å². The van der Waals surface area contributed by atoms with Crippen LogP contribution in [0.25, 0.3) is 0 Å². The summed E-state index contributed by atoms with van der Waals surface area (Å²) in [7, 11) is -4.00. The molecule has 3 rings (SSSR count). The minimum absolute atomic E-state index is 0.0442. The van der Waals surface area contributed by atoms with Gasteiger partial charge in [0.1, 0.15) is 0 Å². The van der Waals surface area contributed by atoms with Crippen LogP contribution >= 0.6 is 23.8 Å². The average Bonchev–Trinajstić information content (AvgIpc) is 2.70. The van der Waals surface area contributed by atoms with Gasteiger partial charge in [-0.05, 0) is 60.7 Å². The highest BCUT2D eigenvalue weighted by molar-refractivity contribution is 7.90. The zero-order valence-electron chi connectivity index (χ0n) is 14.9. The molecule has 0 radical (unpaired) electrons. The van der Waals surface area contributed by atoms with E-state index in [-0.39, 0.29) is 10.5 Å². The van der Waals surface area contributed by atoms with E-state index < -0.39 is 15.9 Å². The molecule has 148 valence electrons. The Kier molecular flexibility index (Phi) is 6.48. The van der Waals surface area contributed by atoms with Crippen molar-refractivity contribution < 1.29 is 13.2 Å². The quantitative estimate of drug-likeness (QED) is 0.508. The van der Waals surface area contributed by atoms with Gasteiger partial charge in [0, 0.05) is 11.3 Å². The third kappa shape index (κ3) is 5.54. The predicted molar refractivity (Wildman–Crippen MR) is 119 cm³/mol. The van der Waals surface area contributed by atoms with Crippen LogP contribution in [0.2, 0.25) is 5.02 Å². The second kappa shape index (κ2) is 9.04. The number of thiocarbonyl (C=S) groups is 1. The van der Waals surface area contributed by atoms with E-state index >= 15 is 0 Å². The van der Waals surface area contributed by atoms with Crippen LogP contribution < -0.4 is 15.4 Å². The highest BCUT2D eigenvalue weighted by Gasteiger charge is 2.18. The van der Waals surface area contributed by atoms with E-state index in [0.29, 0.717) is 21.5 Å². The number of nitrogens with one attached hydrogen (secondary N) is 3. The molecule has 0 atom stereocenters. The molecule has 9 heteroatoms. The topological polar surface area (TPSA) is 87.3 Å². The maximum Gasteiger partial charge on any atom is 0.264 e. The van der Waals surface area contributed by atoms with Gasteiger partial charge in [-0.2, -0.15) is 0 Å². The van der Waals surface area contributed by atoms with E-state index in [0.717, 1.165) is 0 Å². The SMILES string of the molecule is O=C(NS(=O)(=O)c1ccc(NC(=S)Nc2ccccc2Cl)cc1)c1ccccc1. The first kappa shape index (κ1) is 20.8. The maximum absolute atomic E-state index is 12.4. The van der Waals surface area contributed by atoms with Crippen molar-refractivity contribution in [2.75, 3.05) is 10.6 Å². The van der Waals surface area contributed by atoms with Gasteiger partial charge in [0.25, 0.3) is 15.9 Å². The van der Waals surface area contributed by atoms with Gasteiger partial charge in [0.2, 0.25) is 0 Å². The van der Waals surface area contributed by atoms with Gasteiger partial charge in [-0.25, -0.2) is 13.1 Å². The summed E-state index contributed by atoms with van der Waals surface area (Å²) in [5.41, 5.74) is 1.47. The molecule has 0 saturated carbocycles. The summed E-state index contributed by atoms with van der Waals surface area (Å²) in [6, 6.07) is 21.1. The zero-order chi connectivity index (χ0) is 20.9. The van der Waals surface area contributed by atoms with Crippen molar-refractivity contribution in [2.24, 2.45) is 0 Å². The lowest BCUT2D eigenvalue weighted by Gasteiger charge is -2.12. The molecule has 0 aliphatic carbocycles. The number of hydrogen-bond acceptors (Lipinski definition) is 4. The fourth-order valence-corrected chi connectivity index (χ4v) is 3.78. The third-order valence-electron chi connectivity index (χ3n) is 3.81. The molecular formula is C20H16ClN3O3S2. The Balaban J connectivity index is 1.65. The van der Waals surface area contributed by atoms with Crippen LogP contribution in [0, 0.1) is 0 Å². The zero-order valence-corrected chi connectivity index (χ0v) is 17.3. The second-order valence-electron chi connectivity index (χ2n) is 5.88. The van der Waals surface area contributed by atoms with Gasteiger partial charge in [-0.3, -0.25) is 4.79 Å². The Morgan fingerprint density at radius 2 is 1.45 bits per heavy atom. The van der Waals surface area contributed by atoms with Gasteiger partial charge in [0.05, 0.1) is 15.6 Å². The molecule has 0 fully saturated rings. The molecule has 0 unspecified atom stereocenters. The normalized spacial score (nSPS) is 10.8. The van der Waals surface area contributed by atoms with Crippen molar-refractivity contribution in [1.82, 2.24) is 4.72 Å². The Bertz CT molecular complexity index is 1140. The summed E-state index contributed by atoms with van der Waals surface area (Å²) >= 11 is 11.3. The summed E-state index contributed by atoms with van der Waals surface area (Å²) in [6.07, 6.45) is 0. The fourth-order valence-electron chi connectivity index (χ4n) is 2.39. The number of anilines is 2. The molecule has 0 aliphatic heterocycles. The lowest BCUT2D eigenvalue weighted by Crippen LogP contribution is -2.30. The number of rotatable bonds is 5. The highest BCUT2D eigenvalue weighted by Crippen LogP contribution is 2.21. The number of amides is 1. The van der Waals surface area contributed by atoms with Gasteiger partial charge in [-0.15, -0.1) is 0 Å². The summed E-state index contributed by atoms with van der Waals surface area (Å²) in [5, 5.41) is 6.72. The van der Waals surface area contributed by atoms with Gasteiger partial charge in [-0.1, -0.05) is 41.9 Å².